The van der Waals surface area contributed by atoms with Crippen LogP contribution in [0.1, 0.15) is 19.4 Å². The summed E-state index contributed by atoms with van der Waals surface area (Å²) in [5, 5.41) is 0. The van der Waals surface area contributed by atoms with E-state index in [0.717, 1.165) is 5.56 Å². The van der Waals surface area contributed by atoms with Gasteiger partial charge < -0.3 is 4.74 Å². The summed E-state index contributed by atoms with van der Waals surface area (Å²) >= 11 is 0. The summed E-state index contributed by atoms with van der Waals surface area (Å²) in [6, 6.07) is 3.91. The summed E-state index contributed by atoms with van der Waals surface area (Å²) < 4.78 is 5.12. The highest BCUT2D eigenvalue weighted by atomic mass is 16.5. The molecule has 0 unspecified atom stereocenters. The highest BCUT2D eigenvalue weighted by Crippen LogP contribution is 2.21. The molecule has 0 aliphatic rings. The minimum Gasteiger partial charge on any atom is -0.481 e. The molecule has 0 radical (unpaired) electrons. The van der Waals surface area contributed by atoms with Crippen molar-refractivity contribution in [3.8, 4) is 5.88 Å². The second-order valence-electron chi connectivity index (χ2n) is 2.53. The van der Waals surface area contributed by atoms with Crippen LogP contribution in [0.15, 0.2) is 24.4 Å². The maximum Gasteiger partial charge on any atom is 0.220 e. The van der Waals surface area contributed by atoms with Crippen LogP contribution in [0.5, 0.6) is 5.88 Å². The molecule has 0 atom stereocenters. The third-order valence-electron chi connectivity index (χ3n) is 1.82. The summed E-state index contributed by atoms with van der Waals surface area (Å²) in [7, 11) is 1.63. The van der Waals surface area contributed by atoms with E-state index in [4.69, 9.17) is 4.74 Å². The van der Waals surface area contributed by atoms with E-state index in [9.17, 15) is 0 Å². The van der Waals surface area contributed by atoms with Crippen LogP contribution in [-0.2, 0) is 0 Å². The number of ether oxygens (including phenoxy) is 1. The van der Waals surface area contributed by atoms with Crippen LogP contribution in [0.25, 0.3) is 5.57 Å². The van der Waals surface area contributed by atoms with E-state index in [2.05, 4.69) is 4.98 Å². The van der Waals surface area contributed by atoms with Gasteiger partial charge in [-0.25, -0.2) is 4.98 Å². The van der Waals surface area contributed by atoms with Crippen molar-refractivity contribution >= 4 is 5.57 Å². The highest BCUT2D eigenvalue weighted by molar-refractivity contribution is 5.66. The largest absolute Gasteiger partial charge is 0.481 e. The summed E-state index contributed by atoms with van der Waals surface area (Å²) in [6.07, 6.45) is 3.77. The van der Waals surface area contributed by atoms with Crippen molar-refractivity contribution < 1.29 is 4.74 Å². The van der Waals surface area contributed by atoms with E-state index in [1.165, 1.54) is 5.57 Å². The third-order valence-corrected chi connectivity index (χ3v) is 1.82. The Morgan fingerprint density at radius 3 is 2.92 bits per heavy atom. The summed E-state index contributed by atoms with van der Waals surface area (Å²) in [6.45, 7) is 4.04. The molecule has 0 aliphatic heterocycles. The van der Waals surface area contributed by atoms with E-state index >= 15 is 0 Å². The average molecular weight is 163 g/mol. The van der Waals surface area contributed by atoms with Crippen LogP contribution in [-0.4, -0.2) is 12.1 Å². The Hall–Kier alpha value is -1.31. The lowest BCUT2D eigenvalue weighted by atomic mass is 10.1. The second kappa shape index (κ2) is 3.90. The normalized spacial score (nSPS) is 11.4. The van der Waals surface area contributed by atoms with Gasteiger partial charge in [-0.05, 0) is 31.6 Å². The molecule has 0 aliphatic carbocycles. The Kier molecular flexibility index (Phi) is 2.86. The number of nitrogens with zero attached hydrogens (tertiary/aromatic N) is 1. The summed E-state index contributed by atoms with van der Waals surface area (Å²) in [5.74, 6) is 0.688. The summed E-state index contributed by atoms with van der Waals surface area (Å²) in [4.78, 5) is 4.10. The van der Waals surface area contributed by atoms with Gasteiger partial charge in [0.1, 0.15) is 0 Å². The van der Waals surface area contributed by atoms with Crippen LogP contribution < -0.4 is 4.74 Å². The molecule has 0 saturated carbocycles. The number of allylic oxidation sites excluding steroid dienone is 2. The minimum absolute atomic E-state index is 0.688. The molecule has 0 saturated heterocycles. The van der Waals surface area contributed by atoms with Gasteiger partial charge in [0.05, 0.1) is 7.11 Å². The minimum atomic E-state index is 0.688. The molecule has 64 valence electrons. The molecular weight excluding hydrogens is 150 g/mol. The monoisotopic (exact) mass is 163 g/mol. The molecule has 1 heterocycles. The zero-order valence-corrected chi connectivity index (χ0v) is 7.66. The Morgan fingerprint density at radius 1 is 1.58 bits per heavy atom. The van der Waals surface area contributed by atoms with Gasteiger partial charge in [0.15, 0.2) is 0 Å². The number of aromatic nitrogens is 1. The van der Waals surface area contributed by atoms with Crippen LogP contribution in [0.2, 0.25) is 0 Å². The standard InChI is InChI=1S/C10H13NO/c1-4-8(2)9-6-5-7-11-10(9)12-3/h4-7H,1-3H3. The molecule has 0 N–H and O–H groups in total. The van der Waals surface area contributed by atoms with E-state index in [1.807, 2.05) is 32.1 Å². The SMILES string of the molecule is CC=C(C)c1cccnc1OC. The molecule has 0 spiro atoms. The third kappa shape index (κ3) is 1.64. The molecule has 0 bridgehead atoms. The van der Waals surface area contributed by atoms with Gasteiger partial charge in [-0.1, -0.05) is 6.08 Å². The molecule has 2 heteroatoms. The van der Waals surface area contributed by atoms with Gasteiger partial charge in [0.25, 0.3) is 0 Å². The number of pyridine rings is 1. The van der Waals surface area contributed by atoms with E-state index < -0.39 is 0 Å². The van der Waals surface area contributed by atoms with Crippen molar-refractivity contribution in [3.63, 3.8) is 0 Å². The number of methoxy groups -OCH3 is 1. The van der Waals surface area contributed by atoms with Crippen LogP contribution in [0.3, 0.4) is 0 Å². The first-order chi connectivity index (χ1) is 5.79. The molecule has 0 fully saturated rings. The van der Waals surface area contributed by atoms with E-state index in [1.54, 1.807) is 13.3 Å². The first-order valence-corrected chi connectivity index (χ1v) is 3.92. The van der Waals surface area contributed by atoms with Gasteiger partial charge in [-0.3, -0.25) is 0 Å². The predicted octanol–water partition coefficient (Wildman–Crippen LogP) is 2.51. The second-order valence-corrected chi connectivity index (χ2v) is 2.53. The lowest BCUT2D eigenvalue weighted by molar-refractivity contribution is 0.396. The molecule has 0 amide bonds. The molecular formula is C10H13NO. The number of hydrogen-bond donors (Lipinski definition) is 0. The van der Waals surface area contributed by atoms with E-state index in [-0.39, 0.29) is 0 Å². The van der Waals surface area contributed by atoms with Gasteiger partial charge >= 0.3 is 0 Å². The van der Waals surface area contributed by atoms with Gasteiger partial charge in [0, 0.05) is 11.8 Å². The first-order valence-electron chi connectivity index (χ1n) is 3.92. The highest BCUT2D eigenvalue weighted by Gasteiger charge is 2.02. The van der Waals surface area contributed by atoms with Crippen molar-refractivity contribution in [2.45, 2.75) is 13.8 Å². The lowest BCUT2D eigenvalue weighted by Crippen LogP contribution is -1.91. The zero-order valence-electron chi connectivity index (χ0n) is 7.66. The molecule has 1 rings (SSSR count). The van der Waals surface area contributed by atoms with Crippen LogP contribution >= 0.6 is 0 Å². The predicted molar refractivity (Wildman–Crippen MR) is 50.1 cm³/mol. The van der Waals surface area contributed by atoms with Gasteiger partial charge in [0.2, 0.25) is 5.88 Å². The molecule has 2 nitrogen and oxygen atoms in total. The van der Waals surface area contributed by atoms with Gasteiger partial charge in [-0.15, -0.1) is 0 Å². The number of hydrogen-bond acceptors (Lipinski definition) is 2. The molecule has 0 aromatic carbocycles. The van der Waals surface area contributed by atoms with Crippen molar-refractivity contribution in [1.82, 2.24) is 4.98 Å². The Bertz CT molecular complexity index is 292. The first kappa shape index (κ1) is 8.78. The smallest absolute Gasteiger partial charge is 0.220 e. The van der Waals surface area contributed by atoms with E-state index in [0.29, 0.717) is 5.88 Å². The van der Waals surface area contributed by atoms with Crippen LogP contribution in [0.4, 0.5) is 0 Å². The molecule has 1 aromatic rings. The summed E-state index contributed by atoms with van der Waals surface area (Å²) in [5.41, 5.74) is 2.24. The quantitative estimate of drug-likeness (QED) is 0.668. The fourth-order valence-corrected chi connectivity index (χ4v) is 1.01. The fraction of sp³-hybridized carbons (Fsp3) is 0.300. The Labute approximate surface area is 72.9 Å². The van der Waals surface area contributed by atoms with Gasteiger partial charge in [-0.2, -0.15) is 0 Å². The van der Waals surface area contributed by atoms with Crippen molar-refractivity contribution in [1.29, 1.82) is 0 Å². The Balaban J connectivity index is 3.13. The maximum atomic E-state index is 5.12. The zero-order chi connectivity index (χ0) is 8.97. The average Bonchev–Trinajstić information content (AvgIpc) is 2.16. The maximum absolute atomic E-state index is 5.12. The fourth-order valence-electron chi connectivity index (χ4n) is 1.01. The molecule has 1 aromatic heterocycles. The Morgan fingerprint density at radius 2 is 2.33 bits per heavy atom. The topological polar surface area (TPSA) is 22.1 Å². The molecule has 12 heavy (non-hydrogen) atoms. The van der Waals surface area contributed by atoms with Crippen molar-refractivity contribution in [2.24, 2.45) is 0 Å². The van der Waals surface area contributed by atoms with Crippen molar-refractivity contribution in [2.75, 3.05) is 7.11 Å². The van der Waals surface area contributed by atoms with Crippen LogP contribution in [0, 0.1) is 0 Å². The lowest BCUT2D eigenvalue weighted by Gasteiger charge is -2.05. The number of rotatable bonds is 2. The van der Waals surface area contributed by atoms with Crippen molar-refractivity contribution in [3.05, 3.63) is 30.0 Å².